The molecule has 0 spiro atoms. The lowest BCUT2D eigenvalue weighted by atomic mass is 10.0. The van der Waals surface area contributed by atoms with Crippen LogP contribution in [0.2, 0.25) is 5.02 Å². The second kappa shape index (κ2) is 9.47. The maximum atomic E-state index is 12.2. The zero-order valence-electron chi connectivity index (χ0n) is 15.1. The number of amides is 1. The molecule has 3 nitrogen and oxygen atoms in total. The Morgan fingerprint density at radius 2 is 1.88 bits per heavy atom. The van der Waals surface area contributed by atoms with Gasteiger partial charge in [-0.15, -0.1) is 0 Å². The number of carbonyl (C=O) groups is 1. The molecule has 2 aromatic carbocycles. The van der Waals surface area contributed by atoms with Crippen molar-refractivity contribution in [3.05, 3.63) is 64.2 Å². The maximum absolute atomic E-state index is 12.2. The topological polar surface area (TPSA) is 38.3 Å². The lowest BCUT2D eigenvalue weighted by Gasteiger charge is -2.09. The predicted octanol–water partition coefficient (Wildman–Crippen LogP) is 5.22. The number of halogens is 1. The first-order chi connectivity index (χ1) is 12.0. The van der Waals surface area contributed by atoms with Crippen LogP contribution in [0.5, 0.6) is 5.75 Å². The molecule has 1 amide bonds. The number of ether oxygens (including phenoxy) is 1. The van der Waals surface area contributed by atoms with E-state index >= 15 is 0 Å². The molecule has 0 aromatic heterocycles. The van der Waals surface area contributed by atoms with Crippen LogP contribution in [0.1, 0.15) is 54.6 Å². The third kappa shape index (κ3) is 5.79. The highest BCUT2D eigenvalue weighted by molar-refractivity contribution is 6.32. The molecule has 0 saturated heterocycles. The molecule has 25 heavy (non-hydrogen) atoms. The lowest BCUT2D eigenvalue weighted by Crippen LogP contribution is -2.24. The van der Waals surface area contributed by atoms with Gasteiger partial charge in [-0.05, 0) is 55.0 Å². The summed E-state index contributed by atoms with van der Waals surface area (Å²) in [5.74, 6) is 1.04. The Kier molecular flexibility index (Phi) is 7.32. The van der Waals surface area contributed by atoms with Crippen LogP contribution in [-0.4, -0.2) is 19.1 Å². The largest absolute Gasteiger partial charge is 0.492 e. The van der Waals surface area contributed by atoms with E-state index in [2.05, 4.69) is 43.4 Å². The van der Waals surface area contributed by atoms with E-state index in [1.165, 1.54) is 11.1 Å². The van der Waals surface area contributed by atoms with E-state index in [4.69, 9.17) is 16.3 Å². The van der Waals surface area contributed by atoms with E-state index in [0.717, 1.165) is 12.8 Å². The summed E-state index contributed by atoms with van der Waals surface area (Å²) in [6, 6.07) is 13.8. The van der Waals surface area contributed by atoms with Crippen LogP contribution in [0.25, 0.3) is 0 Å². The molecule has 4 heteroatoms. The number of aryl methyl sites for hydroxylation is 1. The van der Waals surface area contributed by atoms with Crippen LogP contribution in [0.15, 0.2) is 42.5 Å². The summed E-state index contributed by atoms with van der Waals surface area (Å²) in [4.78, 5) is 12.2. The van der Waals surface area contributed by atoms with Crippen molar-refractivity contribution in [2.75, 3.05) is 13.2 Å². The zero-order valence-corrected chi connectivity index (χ0v) is 15.9. The molecular weight excluding hydrogens is 334 g/mol. The van der Waals surface area contributed by atoms with E-state index in [9.17, 15) is 4.79 Å². The molecular formula is C21H26ClNO2. The minimum absolute atomic E-state index is 0.111. The SMILES string of the molecule is CCOc1ccc(C(=O)NCCCc2ccc(C(C)C)cc2)cc1Cl. The van der Waals surface area contributed by atoms with Gasteiger partial charge in [0.15, 0.2) is 0 Å². The first-order valence-corrected chi connectivity index (χ1v) is 9.18. The zero-order chi connectivity index (χ0) is 18.2. The molecule has 2 aromatic rings. The molecule has 0 aliphatic heterocycles. The fourth-order valence-electron chi connectivity index (χ4n) is 2.58. The van der Waals surface area contributed by atoms with Crippen molar-refractivity contribution < 1.29 is 9.53 Å². The summed E-state index contributed by atoms with van der Waals surface area (Å²) >= 11 is 6.12. The van der Waals surface area contributed by atoms with Gasteiger partial charge < -0.3 is 10.1 Å². The molecule has 0 bridgehead atoms. The van der Waals surface area contributed by atoms with Gasteiger partial charge in [0.2, 0.25) is 0 Å². The monoisotopic (exact) mass is 359 g/mol. The summed E-state index contributed by atoms with van der Waals surface area (Å²) in [6.07, 6.45) is 1.85. The fourth-order valence-corrected chi connectivity index (χ4v) is 2.82. The van der Waals surface area contributed by atoms with Crippen molar-refractivity contribution in [3.8, 4) is 5.75 Å². The Morgan fingerprint density at radius 3 is 2.48 bits per heavy atom. The predicted molar refractivity (Wildman–Crippen MR) is 104 cm³/mol. The Hall–Kier alpha value is -2.00. The van der Waals surface area contributed by atoms with Gasteiger partial charge in [0.05, 0.1) is 11.6 Å². The van der Waals surface area contributed by atoms with Crippen molar-refractivity contribution in [3.63, 3.8) is 0 Å². The average molecular weight is 360 g/mol. The molecule has 0 aliphatic carbocycles. The summed E-state index contributed by atoms with van der Waals surface area (Å²) in [7, 11) is 0. The Bertz CT molecular complexity index is 696. The van der Waals surface area contributed by atoms with Crippen molar-refractivity contribution >= 4 is 17.5 Å². The summed E-state index contributed by atoms with van der Waals surface area (Å²) in [5, 5.41) is 3.40. The Balaban J connectivity index is 1.79. The first kappa shape index (κ1) is 19.3. The van der Waals surface area contributed by atoms with Gasteiger partial charge in [-0.25, -0.2) is 0 Å². The number of hydrogen-bond acceptors (Lipinski definition) is 2. The number of nitrogens with one attached hydrogen (secondary N) is 1. The molecule has 0 aliphatic rings. The van der Waals surface area contributed by atoms with Crippen molar-refractivity contribution in [1.29, 1.82) is 0 Å². The van der Waals surface area contributed by atoms with Gasteiger partial charge in [-0.2, -0.15) is 0 Å². The van der Waals surface area contributed by atoms with Crippen LogP contribution < -0.4 is 10.1 Å². The quantitative estimate of drug-likeness (QED) is 0.656. The fraction of sp³-hybridized carbons (Fsp3) is 0.381. The maximum Gasteiger partial charge on any atom is 0.251 e. The minimum Gasteiger partial charge on any atom is -0.492 e. The summed E-state index contributed by atoms with van der Waals surface area (Å²) < 4.78 is 5.38. The molecule has 0 fully saturated rings. The van der Waals surface area contributed by atoms with E-state index in [0.29, 0.717) is 35.4 Å². The van der Waals surface area contributed by atoms with Crippen LogP contribution in [0, 0.1) is 0 Å². The third-order valence-electron chi connectivity index (χ3n) is 4.07. The summed E-state index contributed by atoms with van der Waals surface area (Å²) in [5.41, 5.74) is 3.20. The lowest BCUT2D eigenvalue weighted by molar-refractivity contribution is 0.0953. The van der Waals surface area contributed by atoms with Gasteiger partial charge >= 0.3 is 0 Å². The van der Waals surface area contributed by atoms with Crippen LogP contribution in [-0.2, 0) is 6.42 Å². The Labute approximate surface area is 155 Å². The molecule has 0 heterocycles. The van der Waals surface area contributed by atoms with E-state index in [1.807, 2.05) is 6.92 Å². The Morgan fingerprint density at radius 1 is 1.16 bits per heavy atom. The normalized spacial score (nSPS) is 10.8. The number of carbonyl (C=O) groups excluding carboxylic acids is 1. The molecule has 134 valence electrons. The van der Waals surface area contributed by atoms with Crippen molar-refractivity contribution in [2.45, 2.75) is 39.5 Å². The second-order valence-corrected chi connectivity index (χ2v) is 6.74. The minimum atomic E-state index is -0.111. The number of hydrogen-bond donors (Lipinski definition) is 1. The average Bonchev–Trinajstić information content (AvgIpc) is 2.60. The van der Waals surface area contributed by atoms with Crippen LogP contribution >= 0.6 is 11.6 Å². The number of benzene rings is 2. The van der Waals surface area contributed by atoms with Gasteiger partial charge in [0.1, 0.15) is 5.75 Å². The van der Waals surface area contributed by atoms with E-state index in [-0.39, 0.29) is 5.91 Å². The standard InChI is InChI=1S/C21H26ClNO2/c1-4-25-20-12-11-18(14-19(20)22)21(24)23-13-5-6-16-7-9-17(10-8-16)15(2)3/h7-12,14-15H,4-6,13H2,1-3H3,(H,23,24). The molecule has 2 rings (SSSR count). The molecule has 0 radical (unpaired) electrons. The highest BCUT2D eigenvalue weighted by atomic mass is 35.5. The first-order valence-electron chi connectivity index (χ1n) is 8.80. The number of rotatable bonds is 8. The van der Waals surface area contributed by atoms with Gasteiger partial charge in [-0.3, -0.25) is 4.79 Å². The second-order valence-electron chi connectivity index (χ2n) is 6.33. The summed E-state index contributed by atoms with van der Waals surface area (Å²) in [6.45, 7) is 7.46. The smallest absolute Gasteiger partial charge is 0.251 e. The van der Waals surface area contributed by atoms with Gasteiger partial charge in [0.25, 0.3) is 5.91 Å². The third-order valence-corrected chi connectivity index (χ3v) is 4.36. The highest BCUT2D eigenvalue weighted by Crippen LogP contribution is 2.25. The van der Waals surface area contributed by atoms with Crippen molar-refractivity contribution in [2.24, 2.45) is 0 Å². The highest BCUT2D eigenvalue weighted by Gasteiger charge is 2.09. The van der Waals surface area contributed by atoms with Gasteiger partial charge in [0, 0.05) is 12.1 Å². The molecule has 0 atom stereocenters. The van der Waals surface area contributed by atoms with Gasteiger partial charge in [-0.1, -0.05) is 49.7 Å². The molecule has 0 unspecified atom stereocenters. The molecule has 1 N–H and O–H groups in total. The van der Waals surface area contributed by atoms with E-state index < -0.39 is 0 Å². The molecule has 0 saturated carbocycles. The van der Waals surface area contributed by atoms with E-state index in [1.54, 1.807) is 18.2 Å². The van der Waals surface area contributed by atoms with Crippen LogP contribution in [0.3, 0.4) is 0 Å². The van der Waals surface area contributed by atoms with Crippen molar-refractivity contribution in [1.82, 2.24) is 5.32 Å². The van der Waals surface area contributed by atoms with Crippen LogP contribution in [0.4, 0.5) is 0 Å².